The summed E-state index contributed by atoms with van der Waals surface area (Å²) in [5.74, 6) is 0.0482. The zero-order valence-corrected chi connectivity index (χ0v) is 8.94. The van der Waals surface area contributed by atoms with Gasteiger partial charge in [0.1, 0.15) is 0 Å². The van der Waals surface area contributed by atoms with Crippen molar-refractivity contribution in [3.05, 3.63) is 24.0 Å². The van der Waals surface area contributed by atoms with Crippen molar-refractivity contribution in [1.82, 2.24) is 9.88 Å². The molecule has 0 saturated carbocycles. The lowest BCUT2D eigenvalue weighted by Gasteiger charge is -2.25. The summed E-state index contributed by atoms with van der Waals surface area (Å²) in [7, 11) is 0. The molecule has 0 radical (unpaired) electrons. The monoisotopic (exact) mass is 207 g/mol. The van der Waals surface area contributed by atoms with Crippen LogP contribution in [0.3, 0.4) is 0 Å². The molecular formula is C11H17N3O. The second-order valence-corrected chi connectivity index (χ2v) is 4.10. The van der Waals surface area contributed by atoms with E-state index in [-0.39, 0.29) is 11.9 Å². The smallest absolute Gasteiger partial charge is 0.239 e. The Hall–Kier alpha value is -1.29. The summed E-state index contributed by atoms with van der Waals surface area (Å²) < 4.78 is 0. The van der Waals surface area contributed by atoms with Gasteiger partial charge in [0.05, 0.1) is 12.1 Å². The van der Waals surface area contributed by atoms with Crippen LogP contribution in [0.25, 0.3) is 0 Å². The molecule has 4 nitrogen and oxygen atoms in total. The summed E-state index contributed by atoms with van der Waals surface area (Å²) in [6.07, 6.45) is 3.98. The lowest BCUT2D eigenvalue weighted by Crippen LogP contribution is -2.41. The van der Waals surface area contributed by atoms with Crippen LogP contribution in [0.4, 0.5) is 0 Å². The molecule has 1 aromatic rings. The first-order valence-corrected chi connectivity index (χ1v) is 5.39. The van der Waals surface area contributed by atoms with Gasteiger partial charge in [0.25, 0.3) is 0 Å². The Morgan fingerprint density at radius 1 is 1.73 bits per heavy atom. The van der Waals surface area contributed by atoms with Gasteiger partial charge < -0.3 is 15.6 Å². The zero-order chi connectivity index (χ0) is 10.8. The standard InChI is InChI=1S/C11H17N3O/c1-8(12)11(15)14-7-3-5-10(14)9-4-2-6-13-9/h2,4,6,8,10,13H,3,5,7,12H2,1H3/t8-,10?/m1/s1. The molecule has 1 aliphatic heterocycles. The van der Waals surface area contributed by atoms with Crippen LogP contribution in [0.5, 0.6) is 0 Å². The van der Waals surface area contributed by atoms with Gasteiger partial charge in [-0.3, -0.25) is 4.79 Å². The van der Waals surface area contributed by atoms with Gasteiger partial charge >= 0.3 is 0 Å². The Balaban J connectivity index is 2.15. The maximum atomic E-state index is 11.8. The Morgan fingerprint density at radius 2 is 2.53 bits per heavy atom. The molecule has 3 N–H and O–H groups in total. The normalized spacial score (nSPS) is 23.1. The fourth-order valence-electron chi connectivity index (χ4n) is 2.17. The van der Waals surface area contributed by atoms with Crippen LogP contribution >= 0.6 is 0 Å². The topological polar surface area (TPSA) is 62.1 Å². The van der Waals surface area contributed by atoms with Crippen LogP contribution in [0.1, 0.15) is 31.5 Å². The number of rotatable bonds is 2. The summed E-state index contributed by atoms with van der Waals surface area (Å²) in [5.41, 5.74) is 6.74. The second kappa shape index (κ2) is 4.06. The van der Waals surface area contributed by atoms with Gasteiger partial charge in [0.2, 0.25) is 5.91 Å². The Bertz CT molecular complexity index is 332. The van der Waals surface area contributed by atoms with E-state index in [1.54, 1.807) is 6.92 Å². The first-order valence-electron chi connectivity index (χ1n) is 5.39. The van der Waals surface area contributed by atoms with Gasteiger partial charge in [-0.2, -0.15) is 0 Å². The molecule has 4 heteroatoms. The first kappa shape index (κ1) is 10.2. The number of aromatic amines is 1. The second-order valence-electron chi connectivity index (χ2n) is 4.10. The number of amides is 1. The van der Waals surface area contributed by atoms with Crippen molar-refractivity contribution in [2.45, 2.75) is 31.8 Å². The maximum absolute atomic E-state index is 11.8. The van der Waals surface area contributed by atoms with E-state index in [1.165, 1.54) is 0 Å². The molecule has 82 valence electrons. The van der Waals surface area contributed by atoms with Gasteiger partial charge in [-0.1, -0.05) is 0 Å². The van der Waals surface area contributed by atoms with E-state index in [4.69, 9.17) is 5.73 Å². The van der Waals surface area contributed by atoms with Crippen molar-refractivity contribution in [2.24, 2.45) is 5.73 Å². The number of nitrogens with zero attached hydrogens (tertiary/aromatic N) is 1. The maximum Gasteiger partial charge on any atom is 0.239 e. The van der Waals surface area contributed by atoms with Gasteiger partial charge in [0.15, 0.2) is 0 Å². The molecule has 2 heterocycles. The quantitative estimate of drug-likeness (QED) is 0.760. The van der Waals surface area contributed by atoms with E-state index < -0.39 is 6.04 Å². The van der Waals surface area contributed by atoms with Crippen LogP contribution in [0.15, 0.2) is 18.3 Å². The predicted molar refractivity (Wildman–Crippen MR) is 58.1 cm³/mol. The molecule has 2 atom stereocenters. The highest BCUT2D eigenvalue weighted by Crippen LogP contribution is 2.30. The van der Waals surface area contributed by atoms with Crippen molar-refractivity contribution < 1.29 is 4.79 Å². The van der Waals surface area contributed by atoms with Gasteiger partial charge in [0, 0.05) is 18.4 Å². The van der Waals surface area contributed by atoms with Crippen molar-refractivity contribution >= 4 is 5.91 Å². The molecule has 1 saturated heterocycles. The number of carbonyl (C=O) groups excluding carboxylic acids is 1. The van der Waals surface area contributed by atoms with E-state index in [0.717, 1.165) is 25.1 Å². The van der Waals surface area contributed by atoms with Crippen molar-refractivity contribution in [3.63, 3.8) is 0 Å². The van der Waals surface area contributed by atoms with Gasteiger partial charge in [-0.15, -0.1) is 0 Å². The summed E-state index contributed by atoms with van der Waals surface area (Å²) in [5, 5.41) is 0. The Morgan fingerprint density at radius 3 is 3.13 bits per heavy atom. The number of H-pyrrole nitrogens is 1. The number of carbonyl (C=O) groups is 1. The molecule has 0 aliphatic carbocycles. The zero-order valence-electron chi connectivity index (χ0n) is 8.94. The highest BCUT2D eigenvalue weighted by Gasteiger charge is 2.31. The Labute approximate surface area is 89.5 Å². The number of hydrogen-bond donors (Lipinski definition) is 2. The summed E-state index contributed by atoms with van der Waals surface area (Å²) in [6, 6.07) is 3.78. The van der Waals surface area contributed by atoms with Crippen LogP contribution in [0.2, 0.25) is 0 Å². The van der Waals surface area contributed by atoms with Gasteiger partial charge in [-0.05, 0) is 31.9 Å². The highest BCUT2D eigenvalue weighted by atomic mass is 16.2. The number of nitrogens with two attached hydrogens (primary N) is 1. The minimum absolute atomic E-state index is 0.0482. The summed E-state index contributed by atoms with van der Waals surface area (Å²) in [6.45, 7) is 2.57. The van der Waals surface area contributed by atoms with Crippen molar-refractivity contribution in [1.29, 1.82) is 0 Å². The minimum atomic E-state index is -0.402. The molecule has 1 aliphatic rings. The third-order valence-corrected chi connectivity index (χ3v) is 2.91. The third-order valence-electron chi connectivity index (χ3n) is 2.91. The summed E-state index contributed by atoms with van der Waals surface area (Å²) >= 11 is 0. The van der Waals surface area contributed by atoms with Crippen molar-refractivity contribution in [2.75, 3.05) is 6.54 Å². The van der Waals surface area contributed by atoms with E-state index in [0.29, 0.717) is 0 Å². The first-order chi connectivity index (χ1) is 7.20. The largest absolute Gasteiger partial charge is 0.363 e. The summed E-state index contributed by atoms with van der Waals surface area (Å²) in [4.78, 5) is 16.9. The number of nitrogens with one attached hydrogen (secondary N) is 1. The fraction of sp³-hybridized carbons (Fsp3) is 0.545. The van der Waals surface area contributed by atoms with Crippen LogP contribution < -0.4 is 5.73 Å². The Kier molecular flexibility index (Phi) is 2.77. The third kappa shape index (κ3) is 1.90. The molecule has 0 aromatic carbocycles. The average Bonchev–Trinajstić information content (AvgIpc) is 2.86. The highest BCUT2D eigenvalue weighted by molar-refractivity contribution is 5.81. The molecular weight excluding hydrogens is 190 g/mol. The number of likely N-dealkylation sites (tertiary alicyclic amines) is 1. The lowest BCUT2D eigenvalue weighted by atomic mass is 10.1. The van der Waals surface area contributed by atoms with Gasteiger partial charge in [-0.25, -0.2) is 0 Å². The van der Waals surface area contributed by atoms with Crippen LogP contribution in [-0.2, 0) is 4.79 Å². The lowest BCUT2D eigenvalue weighted by molar-refractivity contribution is -0.133. The SMILES string of the molecule is C[C@@H](N)C(=O)N1CCCC1c1ccc[nH]1. The molecule has 0 spiro atoms. The van der Waals surface area contributed by atoms with Crippen LogP contribution in [0, 0.1) is 0 Å². The molecule has 15 heavy (non-hydrogen) atoms. The minimum Gasteiger partial charge on any atom is -0.363 e. The van der Waals surface area contributed by atoms with E-state index in [2.05, 4.69) is 4.98 Å². The molecule has 1 amide bonds. The molecule has 1 aromatic heterocycles. The molecule has 1 fully saturated rings. The molecule has 2 rings (SSSR count). The fourth-order valence-corrected chi connectivity index (χ4v) is 2.17. The number of aromatic nitrogens is 1. The van der Waals surface area contributed by atoms with E-state index >= 15 is 0 Å². The average molecular weight is 207 g/mol. The number of hydrogen-bond acceptors (Lipinski definition) is 2. The van der Waals surface area contributed by atoms with E-state index in [1.807, 2.05) is 23.2 Å². The molecule has 1 unspecified atom stereocenters. The predicted octanol–water partition coefficient (Wildman–Crippen LogP) is 1.03. The molecule has 0 bridgehead atoms. The van der Waals surface area contributed by atoms with E-state index in [9.17, 15) is 4.79 Å². The van der Waals surface area contributed by atoms with Crippen LogP contribution in [-0.4, -0.2) is 28.4 Å². The van der Waals surface area contributed by atoms with Crippen molar-refractivity contribution in [3.8, 4) is 0 Å².